The van der Waals surface area contributed by atoms with E-state index in [1.807, 2.05) is 13.8 Å². The molecule has 216 valence electrons. The van der Waals surface area contributed by atoms with E-state index in [4.69, 9.17) is 9.84 Å². The lowest BCUT2D eigenvalue weighted by Gasteiger charge is -2.28. The van der Waals surface area contributed by atoms with E-state index in [-0.39, 0.29) is 14.0 Å². The molecular formula is C29H35FN2O8. The summed E-state index contributed by atoms with van der Waals surface area (Å²) < 4.78 is 19.8. The van der Waals surface area contributed by atoms with Crippen molar-refractivity contribution in [1.82, 2.24) is 4.90 Å². The molecule has 2 amide bonds. The number of aliphatic hydroxyl groups is 5. The smallest absolute Gasteiger partial charge is 0.260 e. The molecule has 6 N–H and O–H groups in total. The monoisotopic (exact) mass is 558 g/mol. The fraction of sp³-hybridized carbons (Fsp3) is 0.379. The Morgan fingerprint density at radius 3 is 2.30 bits per heavy atom. The molecule has 4 rings (SSSR count). The minimum atomic E-state index is -1.79. The van der Waals surface area contributed by atoms with Gasteiger partial charge in [-0.05, 0) is 55.8 Å². The van der Waals surface area contributed by atoms with E-state index in [2.05, 4.69) is 5.32 Å². The Morgan fingerprint density at radius 1 is 1.05 bits per heavy atom. The number of benzene rings is 2. The third-order valence-electron chi connectivity index (χ3n) is 6.84. The number of aliphatic hydroxyl groups excluding tert-OH is 5. The lowest BCUT2D eigenvalue weighted by Crippen LogP contribution is -2.49. The highest BCUT2D eigenvalue weighted by Crippen LogP contribution is 2.44. The summed E-state index contributed by atoms with van der Waals surface area (Å²) in [6.07, 6.45) is -5.03. The van der Waals surface area contributed by atoms with Crippen molar-refractivity contribution in [3.05, 3.63) is 76.8 Å². The van der Waals surface area contributed by atoms with Crippen molar-refractivity contribution in [2.24, 2.45) is 0 Å². The van der Waals surface area contributed by atoms with Crippen molar-refractivity contribution in [2.75, 3.05) is 25.5 Å². The molecule has 2 heterocycles. The normalized spacial score (nSPS) is 20.3. The lowest BCUT2D eigenvalue weighted by molar-refractivity contribution is -0.117. The largest absolute Gasteiger partial charge is 0.482 e. The first-order valence-corrected chi connectivity index (χ1v) is 12.3. The zero-order valence-electron chi connectivity index (χ0n) is 21.6. The SMILES string of the molecule is C.CN(C[C@H](O)[C@@H](O)[C@@H](O)[C@H](O)CO)C(=O)c1ccc(C2=C/C(=C3\C(=O)Nc4cc(F)ccc43)OC2(C)C)cc1. The molecule has 0 fully saturated rings. The Kier molecular flexibility index (Phi) is 9.17. The van der Waals surface area contributed by atoms with Gasteiger partial charge < -0.3 is 40.5 Å². The van der Waals surface area contributed by atoms with Crippen LogP contribution in [0.25, 0.3) is 11.1 Å². The van der Waals surface area contributed by atoms with Crippen molar-refractivity contribution >= 4 is 28.6 Å². The first-order valence-electron chi connectivity index (χ1n) is 12.3. The summed E-state index contributed by atoms with van der Waals surface area (Å²) >= 11 is 0. The lowest BCUT2D eigenvalue weighted by atomic mass is 9.91. The number of carbonyl (C=O) groups excluding carboxylic acids is 2. The number of halogens is 1. The number of fused-ring (bicyclic) bond motifs is 1. The molecule has 0 bridgehead atoms. The Hall–Kier alpha value is -3.61. The predicted molar refractivity (Wildman–Crippen MR) is 146 cm³/mol. The number of anilines is 1. The van der Waals surface area contributed by atoms with Crippen LogP contribution in [0.2, 0.25) is 0 Å². The van der Waals surface area contributed by atoms with Crippen LogP contribution in [0.4, 0.5) is 10.1 Å². The molecule has 11 heteroatoms. The average molecular weight is 559 g/mol. The Bertz CT molecular complexity index is 1340. The molecule has 0 unspecified atom stereocenters. The molecule has 0 saturated carbocycles. The number of hydrogen-bond acceptors (Lipinski definition) is 8. The van der Waals surface area contributed by atoms with Gasteiger partial charge in [-0.3, -0.25) is 9.59 Å². The van der Waals surface area contributed by atoms with Crippen LogP contribution in [0.15, 0.2) is 54.3 Å². The van der Waals surface area contributed by atoms with Gasteiger partial charge in [-0.1, -0.05) is 19.6 Å². The number of carbonyl (C=O) groups is 2. The molecule has 2 aromatic carbocycles. The minimum absolute atomic E-state index is 0. The van der Waals surface area contributed by atoms with Crippen molar-refractivity contribution < 1.29 is 44.2 Å². The van der Waals surface area contributed by atoms with Gasteiger partial charge in [0.1, 0.15) is 41.6 Å². The van der Waals surface area contributed by atoms with Gasteiger partial charge in [0.25, 0.3) is 11.8 Å². The van der Waals surface area contributed by atoms with Crippen molar-refractivity contribution in [2.45, 2.75) is 51.3 Å². The summed E-state index contributed by atoms with van der Waals surface area (Å²) in [7, 11) is 1.41. The van der Waals surface area contributed by atoms with Gasteiger partial charge in [0.05, 0.1) is 17.9 Å². The van der Waals surface area contributed by atoms with Crippen LogP contribution >= 0.6 is 0 Å². The van der Waals surface area contributed by atoms with Crippen molar-refractivity contribution in [3.63, 3.8) is 0 Å². The van der Waals surface area contributed by atoms with Crippen molar-refractivity contribution in [3.8, 4) is 0 Å². The quantitative estimate of drug-likeness (QED) is 0.266. The second kappa shape index (κ2) is 11.9. The number of allylic oxidation sites excluding steroid dienone is 1. The number of likely N-dealkylation sites (N-methyl/N-ethyl adjacent to an activating group) is 1. The van der Waals surface area contributed by atoms with Gasteiger partial charge in [0.15, 0.2) is 0 Å². The second-order valence-corrected chi connectivity index (χ2v) is 10.1. The number of hydrogen-bond donors (Lipinski definition) is 6. The molecular weight excluding hydrogens is 523 g/mol. The van der Waals surface area contributed by atoms with Crippen LogP contribution in [0.5, 0.6) is 0 Å². The number of rotatable bonds is 8. The molecule has 0 radical (unpaired) electrons. The maximum Gasteiger partial charge on any atom is 0.260 e. The maximum atomic E-state index is 13.6. The fourth-order valence-electron chi connectivity index (χ4n) is 4.66. The highest BCUT2D eigenvalue weighted by Gasteiger charge is 2.38. The molecule has 0 aliphatic carbocycles. The van der Waals surface area contributed by atoms with Crippen LogP contribution in [0.3, 0.4) is 0 Å². The summed E-state index contributed by atoms with van der Waals surface area (Å²) in [5.41, 5.74) is 2.20. The van der Waals surface area contributed by atoms with E-state index < -0.39 is 54.3 Å². The summed E-state index contributed by atoms with van der Waals surface area (Å²) in [5, 5.41) is 51.0. The van der Waals surface area contributed by atoms with Crippen LogP contribution < -0.4 is 5.32 Å². The van der Waals surface area contributed by atoms with Crippen LogP contribution in [-0.2, 0) is 9.53 Å². The Labute approximate surface area is 231 Å². The number of nitrogens with one attached hydrogen (secondary N) is 1. The predicted octanol–water partition coefficient (Wildman–Crippen LogP) is 1.53. The summed E-state index contributed by atoms with van der Waals surface area (Å²) in [5.74, 6) is -0.976. The minimum Gasteiger partial charge on any atom is -0.482 e. The van der Waals surface area contributed by atoms with E-state index in [9.17, 15) is 34.4 Å². The molecule has 2 aliphatic heterocycles. The summed E-state index contributed by atoms with van der Waals surface area (Å²) in [6.45, 7) is 2.54. The van der Waals surface area contributed by atoms with E-state index in [1.165, 1.54) is 25.2 Å². The average Bonchev–Trinajstić information content (AvgIpc) is 3.40. The Morgan fingerprint density at radius 2 is 1.68 bits per heavy atom. The molecule has 2 aromatic rings. The van der Waals surface area contributed by atoms with E-state index >= 15 is 0 Å². The second-order valence-electron chi connectivity index (χ2n) is 10.1. The fourth-order valence-corrected chi connectivity index (χ4v) is 4.66. The number of nitrogens with zero attached hydrogens (tertiary/aromatic N) is 1. The summed E-state index contributed by atoms with van der Waals surface area (Å²) in [4.78, 5) is 26.7. The maximum absolute atomic E-state index is 13.6. The van der Waals surface area contributed by atoms with Gasteiger partial charge in [0, 0.05) is 30.3 Å². The first-order chi connectivity index (χ1) is 18.3. The number of amides is 2. The van der Waals surface area contributed by atoms with Gasteiger partial charge in [-0.25, -0.2) is 4.39 Å². The van der Waals surface area contributed by atoms with Gasteiger partial charge in [-0.2, -0.15) is 0 Å². The number of ether oxygens (including phenoxy) is 1. The van der Waals surface area contributed by atoms with Crippen molar-refractivity contribution in [1.29, 1.82) is 0 Å². The molecule has 2 aliphatic rings. The van der Waals surface area contributed by atoms with E-state index in [1.54, 1.807) is 30.3 Å². The van der Waals surface area contributed by atoms with Crippen LogP contribution in [0, 0.1) is 5.82 Å². The highest BCUT2D eigenvalue weighted by atomic mass is 19.1. The van der Waals surface area contributed by atoms with Crippen LogP contribution in [0.1, 0.15) is 42.8 Å². The van der Waals surface area contributed by atoms with Gasteiger partial charge in [0.2, 0.25) is 0 Å². The zero-order valence-corrected chi connectivity index (χ0v) is 21.6. The topological polar surface area (TPSA) is 160 Å². The molecule has 0 aromatic heterocycles. The molecule has 0 saturated heterocycles. The highest BCUT2D eigenvalue weighted by molar-refractivity contribution is 6.32. The Balaban J connectivity index is 0.00000441. The third kappa shape index (κ3) is 5.93. The van der Waals surface area contributed by atoms with Crippen LogP contribution in [-0.4, -0.2) is 92.5 Å². The molecule has 4 atom stereocenters. The third-order valence-corrected chi connectivity index (χ3v) is 6.84. The van der Waals surface area contributed by atoms with Gasteiger partial charge >= 0.3 is 0 Å². The van der Waals surface area contributed by atoms with E-state index in [0.717, 1.165) is 16.0 Å². The molecule has 40 heavy (non-hydrogen) atoms. The van der Waals surface area contributed by atoms with Gasteiger partial charge in [-0.15, -0.1) is 0 Å². The summed E-state index contributed by atoms with van der Waals surface area (Å²) in [6, 6.07) is 10.7. The standard InChI is InChI=1S/C28H31FN2O8.CH4/c1-28(2)18(11-22(39-28)23-17-9-8-16(29)10-19(17)30-26(23)37)14-4-6-15(7-5-14)27(38)31(3)12-20(33)24(35)25(36)21(34)13-32;/h4-11,20-21,24-25,32-36H,12-13H2,1-3H3,(H,30,37);1H4/b23-22+;/t20-,21+,24+,25-;/m0./s1. The molecule has 10 nitrogen and oxygen atoms in total. The van der Waals surface area contributed by atoms with E-state index in [0.29, 0.717) is 28.1 Å². The molecule has 0 spiro atoms. The zero-order chi connectivity index (χ0) is 28.6. The first kappa shape index (κ1) is 30.9.